The lowest BCUT2D eigenvalue weighted by molar-refractivity contribution is -0.119. The fraction of sp³-hybridized carbons (Fsp3) is 0.200. The summed E-state index contributed by atoms with van der Waals surface area (Å²) in [6, 6.07) is 16.7. The minimum atomic E-state index is -0.515. The minimum Gasteiger partial charge on any atom is -0.411 e. The molecular weight excluding hydrogens is 376 g/mol. The first kappa shape index (κ1) is 19.6. The first-order valence-corrected chi connectivity index (χ1v) is 9.74. The Hall–Kier alpha value is -3.13. The number of aryl methyl sites for hydroxylation is 1. The summed E-state index contributed by atoms with van der Waals surface area (Å²) in [7, 11) is 0. The maximum atomic E-state index is 11.9. The monoisotopic (exact) mass is 396 g/mol. The van der Waals surface area contributed by atoms with Crippen molar-refractivity contribution in [1.82, 2.24) is 20.8 Å². The number of imide groups is 1. The number of hydrogen-bond donors (Lipinski definition) is 2. The summed E-state index contributed by atoms with van der Waals surface area (Å²) in [5.41, 5.74) is 2.89. The van der Waals surface area contributed by atoms with E-state index in [4.69, 9.17) is 4.42 Å². The van der Waals surface area contributed by atoms with Crippen molar-refractivity contribution in [3.8, 4) is 11.5 Å². The smallest absolute Gasteiger partial charge is 0.321 e. The lowest BCUT2D eigenvalue weighted by Crippen LogP contribution is -2.39. The molecule has 1 heterocycles. The number of rotatable bonds is 7. The van der Waals surface area contributed by atoms with Crippen molar-refractivity contribution < 1.29 is 14.0 Å². The molecule has 0 spiro atoms. The van der Waals surface area contributed by atoms with Crippen molar-refractivity contribution in [2.75, 3.05) is 5.75 Å². The molecule has 2 aromatic carbocycles. The molecule has 0 saturated carbocycles. The van der Waals surface area contributed by atoms with Crippen LogP contribution in [-0.2, 0) is 11.3 Å². The largest absolute Gasteiger partial charge is 0.411 e. The van der Waals surface area contributed by atoms with E-state index in [1.807, 2.05) is 61.5 Å². The molecule has 0 bridgehead atoms. The molecule has 3 aromatic rings. The average molecular weight is 396 g/mol. The first-order valence-electron chi connectivity index (χ1n) is 8.76. The highest BCUT2D eigenvalue weighted by molar-refractivity contribution is 7.99. The Morgan fingerprint density at radius 1 is 1.04 bits per heavy atom. The molecule has 28 heavy (non-hydrogen) atoms. The van der Waals surface area contributed by atoms with Crippen LogP contribution in [0.1, 0.15) is 17.5 Å². The van der Waals surface area contributed by atoms with Gasteiger partial charge >= 0.3 is 6.03 Å². The van der Waals surface area contributed by atoms with Crippen molar-refractivity contribution in [1.29, 1.82) is 0 Å². The fourth-order valence-electron chi connectivity index (χ4n) is 2.43. The van der Waals surface area contributed by atoms with Gasteiger partial charge in [0.15, 0.2) is 0 Å². The molecule has 0 unspecified atom stereocenters. The van der Waals surface area contributed by atoms with Gasteiger partial charge in [0.2, 0.25) is 11.8 Å². The molecule has 0 radical (unpaired) electrons. The topological polar surface area (TPSA) is 97.1 Å². The maximum Gasteiger partial charge on any atom is 0.321 e. The summed E-state index contributed by atoms with van der Waals surface area (Å²) in [5.74, 6) is 0.509. The van der Waals surface area contributed by atoms with Gasteiger partial charge in [-0.3, -0.25) is 10.1 Å². The zero-order chi connectivity index (χ0) is 19.8. The number of benzene rings is 2. The van der Waals surface area contributed by atoms with Crippen LogP contribution in [0.4, 0.5) is 4.79 Å². The normalized spacial score (nSPS) is 10.5. The van der Waals surface area contributed by atoms with Crippen LogP contribution in [0.2, 0.25) is 0 Å². The van der Waals surface area contributed by atoms with E-state index in [1.54, 1.807) is 0 Å². The standard InChI is InChI=1S/C20H20N4O3S/c1-14-7-5-6-10-16(14)18-23-24-20(27-18)28-12-11-17(25)22-19(26)21-13-15-8-3-2-4-9-15/h2-10H,11-13H2,1H3,(H2,21,22,25,26). The first-order chi connectivity index (χ1) is 13.6. The summed E-state index contributed by atoms with van der Waals surface area (Å²) in [4.78, 5) is 23.6. The Balaban J connectivity index is 1.39. The third-order valence-corrected chi connectivity index (χ3v) is 4.71. The quantitative estimate of drug-likeness (QED) is 0.593. The van der Waals surface area contributed by atoms with Gasteiger partial charge in [0.1, 0.15) is 0 Å². The Labute approximate surface area is 166 Å². The van der Waals surface area contributed by atoms with Gasteiger partial charge in [0.25, 0.3) is 5.22 Å². The molecule has 3 amide bonds. The predicted molar refractivity (Wildman–Crippen MR) is 107 cm³/mol. The van der Waals surface area contributed by atoms with Gasteiger partial charge in [0, 0.05) is 24.3 Å². The van der Waals surface area contributed by atoms with Gasteiger partial charge < -0.3 is 9.73 Å². The summed E-state index contributed by atoms with van der Waals surface area (Å²) in [5, 5.41) is 13.4. The lowest BCUT2D eigenvalue weighted by Gasteiger charge is -2.06. The van der Waals surface area contributed by atoms with E-state index in [0.29, 0.717) is 23.4 Å². The van der Waals surface area contributed by atoms with Gasteiger partial charge in [-0.15, -0.1) is 10.2 Å². The second-order valence-corrected chi connectivity index (χ2v) is 7.05. The number of urea groups is 1. The van der Waals surface area contributed by atoms with Crippen LogP contribution in [0.25, 0.3) is 11.5 Å². The molecule has 0 saturated heterocycles. The summed E-state index contributed by atoms with van der Waals surface area (Å²) >= 11 is 1.27. The zero-order valence-corrected chi connectivity index (χ0v) is 16.2. The lowest BCUT2D eigenvalue weighted by atomic mass is 10.1. The van der Waals surface area contributed by atoms with E-state index >= 15 is 0 Å². The van der Waals surface area contributed by atoms with Gasteiger partial charge in [-0.25, -0.2) is 4.79 Å². The number of carbonyl (C=O) groups excluding carboxylic acids is 2. The van der Waals surface area contributed by atoms with Crippen LogP contribution in [0, 0.1) is 6.92 Å². The number of nitrogens with one attached hydrogen (secondary N) is 2. The van der Waals surface area contributed by atoms with Gasteiger partial charge in [-0.05, 0) is 24.1 Å². The molecule has 2 N–H and O–H groups in total. The van der Waals surface area contributed by atoms with E-state index in [9.17, 15) is 9.59 Å². The minimum absolute atomic E-state index is 0.158. The highest BCUT2D eigenvalue weighted by atomic mass is 32.2. The molecule has 0 aliphatic carbocycles. The molecule has 1 aromatic heterocycles. The second-order valence-electron chi connectivity index (χ2n) is 6.00. The SMILES string of the molecule is Cc1ccccc1-c1nnc(SCCC(=O)NC(=O)NCc2ccccc2)o1. The van der Waals surface area contributed by atoms with Gasteiger partial charge in [0.05, 0.1) is 0 Å². The van der Waals surface area contributed by atoms with Crippen LogP contribution in [0.5, 0.6) is 0 Å². The highest BCUT2D eigenvalue weighted by Gasteiger charge is 2.12. The number of nitrogens with zero attached hydrogens (tertiary/aromatic N) is 2. The third-order valence-electron chi connectivity index (χ3n) is 3.89. The van der Waals surface area contributed by atoms with E-state index in [0.717, 1.165) is 16.7 Å². The predicted octanol–water partition coefficient (Wildman–Crippen LogP) is 3.55. The maximum absolute atomic E-state index is 11.9. The molecule has 144 valence electrons. The number of aromatic nitrogens is 2. The van der Waals surface area contributed by atoms with Crippen molar-refractivity contribution >= 4 is 23.7 Å². The van der Waals surface area contributed by atoms with E-state index < -0.39 is 6.03 Å². The van der Waals surface area contributed by atoms with E-state index in [-0.39, 0.29) is 12.3 Å². The number of carbonyl (C=O) groups is 2. The fourth-order valence-corrected chi connectivity index (χ4v) is 3.13. The summed E-state index contributed by atoms with van der Waals surface area (Å²) < 4.78 is 5.63. The number of amides is 3. The molecule has 3 rings (SSSR count). The molecular formula is C20H20N4O3S. The van der Waals surface area contributed by atoms with Crippen LogP contribution in [-0.4, -0.2) is 27.9 Å². The van der Waals surface area contributed by atoms with Crippen molar-refractivity contribution in [3.05, 3.63) is 65.7 Å². The van der Waals surface area contributed by atoms with E-state index in [2.05, 4.69) is 20.8 Å². The highest BCUT2D eigenvalue weighted by Crippen LogP contribution is 2.25. The van der Waals surface area contributed by atoms with E-state index in [1.165, 1.54) is 11.8 Å². The Morgan fingerprint density at radius 3 is 2.57 bits per heavy atom. The van der Waals surface area contributed by atoms with Crippen molar-refractivity contribution in [3.63, 3.8) is 0 Å². The Morgan fingerprint density at radius 2 is 1.79 bits per heavy atom. The molecule has 8 heteroatoms. The molecule has 0 atom stereocenters. The van der Waals surface area contributed by atoms with Crippen LogP contribution in [0.3, 0.4) is 0 Å². The van der Waals surface area contributed by atoms with Crippen LogP contribution < -0.4 is 10.6 Å². The molecule has 0 aliphatic heterocycles. The number of thioether (sulfide) groups is 1. The van der Waals surface area contributed by atoms with Gasteiger partial charge in [-0.1, -0.05) is 60.3 Å². The van der Waals surface area contributed by atoms with Crippen molar-refractivity contribution in [2.45, 2.75) is 25.1 Å². The van der Waals surface area contributed by atoms with Gasteiger partial charge in [-0.2, -0.15) is 0 Å². The second kappa shape index (κ2) is 9.70. The summed E-state index contributed by atoms with van der Waals surface area (Å²) in [6.45, 7) is 2.33. The molecule has 0 aliphatic rings. The Bertz CT molecular complexity index is 943. The van der Waals surface area contributed by atoms with Crippen LogP contribution in [0.15, 0.2) is 64.2 Å². The number of hydrogen-bond acceptors (Lipinski definition) is 6. The zero-order valence-electron chi connectivity index (χ0n) is 15.3. The Kier molecular flexibility index (Phi) is 6.80. The average Bonchev–Trinajstić information content (AvgIpc) is 3.16. The third kappa shape index (κ3) is 5.68. The summed E-state index contributed by atoms with van der Waals surface area (Å²) in [6.07, 6.45) is 0.158. The molecule has 7 nitrogen and oxygen atoms in total. The molecule has 0 fully saturated rings. The van der Waals surface area contributed by atoms with Crippen LogP contribution >= 0.6 is 11.8 Å². The van der Waals surface area contributed by atoms with Crippen molar-refractivity contribution in [2.24, 2.45) is 0 Å².